The number of nitrogens with zero attached hydrogens (tertiary/aromatic N) is 1. The zero-order valence-corrected chi connectivity index (χ0v) is 12.3. The Morgan fingerprint density at radius 3 is 2.67 bits per heavy atom. The van der Waals surface area contributed by atoms with Crippen molar-refractivity contribution in [3.63, 3.8) is 0 Å². The third kappa shape index (κ3) is 3.10. The van der Waals surface area contributed by atoms with E-state index in [4.69, 9.17) is 28.9 Å². The number of benzene rings is 1. The maximum absolute atomic E-state index is 6.02. The van der Waals surface area contributed by atoms with Crippen molar-refractivity contribution in [1.82, 2.24) is 0 Å². The number of rotatable bonds is 4. The van der Waals surface area contributed by atoms with Crippen molar-refractivity contribution >= 4 is 45.9 Å². The van der Waals surface area contributed by atoms with Crippen LogP contribution < -0.4 is 10.6 Å². The fourth-order valence-electron chi connectivity index (χ4n) is 1.74. The summed E-state index contributed by atoms with van der Waals surface area (Å²) in [6, 6.07) is 7.71. The first-order chi connectivity index (χ1) is 8.58. The summed E-state index contributed by atoms with van der Waals surface area (Å²) < 4.78 is 0. The third-order valence-electron chi connectivity index (χ3n) is 2.75. The second kappa shape index (κ2) is 5.83. The molecule has 2 rings (SSSR count). The van der Waals surface area contributed by atoms with Crippen molar-refractivity contribution < 1.29 is 0 Å². The first-order valence-electron chi connectivity index (χ1n) is 5.56. The standard InChI is InChI=1S/C13H14Cl2N2S/c1-17(5-4-9-3-2-6-18-9)13-8-11(15)10(14)7-12(13)16/h2-3,6-8H,4-5,16H2,1H3. The van der Waals surface area contributed by atoms with Crippen molar-refractivity contribution in [2.75, 3.05) is 24.2 Å². The Morgan fingerprint density at radius 1 is 1.28 bits per heavy atom. The van der Waals surface area contributed by atoms with Gasteiger partial charge in [-0.15, -0.1) is 11.3 Å². The lowest BCUT2D eigenvalue weighted by molar-refractivity contribution is 0.889. The molecule has 5 heteroatoms. The Kier molecular flexibility index (Phi) is 4.38. The molecule has 1 aromatic carbocycles. The van der Waals surface area contributed by atoms with Gasteiger partial charge in [0.25, 0.3) is 0 Å². The van der Waals surface area contributed by atoms with Gasteiger partial charge in [0.05, 0.1) is 21.4 Å². The smallest absolute Gasteiger partial charge is 0.0614 e. The second-order valence-electron chi connectivity index (χ2n) is 4.08. The summed E-state index contributed by atoms with van der Waals surface area (Å²) in [7, 11) is 2.00. The van der Waals surface area contributed by atoms with Crippen LogP contribution in [-0.2, 0) is 6.42 Å². The van der Waals surface area contributed by atoms with E-state index in [0.29, 0.717) is 15.7 Å². The Labute approximate surface area is 121 Å². The van der Waals surface area contributed by atoms with Gasteiger partial charge in [-0.3, -0.25) is 0 Å². The van der Waals surface area contributed by atoms with Gasteiger partial charge < -0.3 is 10.6 Å². The minimum absolute atomic E-state index is 0.490. The number of halogens is 2. The van der Waals surface area contributed by atoms with Crippen molar-refractivity contribution in [2.45, 2.75) is 6.42 Å². The monoisotopic (exact) mass is 300 g/mol. The molecule has 0 aliphatic heterocycles. The molecule has 0 aliphatic carbocycles. The predicted octanol–water partition coefficient (Wildman–Crippen LogP) is 4.32. The molecule has 18 heavy (non-hydrogen) atoms. The normalized spacial score (nSPS) is 10.6. The molecule has 2 N–H and O–H groups in total. The molecule has 0 spiro atoms. The molecule has 2 nitrogen and oxygen atoms in total. The molecule has 2 aromatic rings. The molecule has 96 valence electrons. The third-order valence-corrected chi connectivity index (χ3v) is 4.41. The van der Waals surface area contributed by atoms with Crippen molar-refractivity contribution in [3.8, 4) is 0 Å². The molecule has 0 saturated carbocycles. The Morgan fingerprint density at radius 2 is 2.00 bits per heavy atom. The van der Waals surface area contributed by atoms with Crippen LogP contribution in [0.15, 0.2) is 29.6 Å². The molecular weight excluding hydrogens is 287 g/mol. The number of hydrogen-bond donors (Lipinski definition) is 1. The van der Waals surface area contributed by atoms with E-state index < -0.39 is 0 Å². The van der Waals surface area contributed by atoms with E-state index in [9.17, 15) is 0 Å². The zero-order chi connectivity index (χ0) is 13.1. The van der Waals surface area contributed by atoms with E-state index in [1.807, 2.05) is 13.1 Å². The van der Waals surface area contributed by atoms with Crippen molar-refractivity contribution in [2.24, 2.45) is 0 Å². The Balaban J connectivity index is 2.09. The van der Waals surface area contributed by atoms with Crippen molar-refractivity contribution in [1.29, 1.82) is 0 Å². The van der Waals surface area contributed by atoms with Gasteiger partial charge >= 0.3 is 0 Å². The summed E-state index contributed by atoms with van der Waals surface area (Å²) >= 11 is 13.7. The molecule has 0 unspecified atom stereocenters. The van der Waals surface area contributed by atoms with Crippen LogP contribution in [0.4, 0.5) is 11.4 Å². The molecular formula is C13H14Cl2N2S. The molecule has 0 radical (unpaired) electrons. The molecule has 1 heterocycles. The predicted molar refractivity (Wildman–Crippen MR) is 82.2 cm³/mol. The first kappa shape index (κ1) is 13.5. The van der Waals surface area contributed by atoms with Gasteiger partial charge in [0.15, 0.2) is 0 Å². The Bertz CT molecular complexity index is 526. The number of anilines is 2. The van der Waals surface area contributed by atoms with Gasteiger partial charge in [0.1, 0.15) is 0 Å². The van der Waals surface area contributed by atoms with Crippen LogP contribution in [0.3, 0.4) is 0 Å². The molecule has 0 amide bonds. The zero-order valence-electron chi connectivity index (χ0n) is 9.99. The average molecular weight is 301 g/mol. The van der Waals surface area contributed by atoms with Crippen LogP contribution in [0, 0.1) is 0 Å². The summed E-state index contributed by atoms with van der Waals surface area (Å²) in [4.78, 5) is 3.46. The minimum atomic E-state index is 0.490. The van der Waals surface area contributed by atoms with Gasteiger partial charge in [0.2, 0.25) is 0 Å². The van der Waals surface area contributed by atoms with E-state index in [0.717, 1.165) is 18.7 Å². The van der Waals surface area contributed by atoms with E-state index >= 15 is 0 Å². The summed E-state index contributed by atoms with van der Waals surface area (Å²) in [6.45, 7) is 0.892. The minimum Gasteiger partial charge on any atom is -0.397 e. The average Bonchev–Trinajstić information content (AvgIpc) is 2.84. The van der Waals surface area contributed by atoms with Gasteiger partial charge in [-0.1, -0.05) is 29.3 Å². The summed E-state index contributed by atoms with van der Waals surface area (Å²) in [6.07, 6.45) is 0.994. The molecule has 0 atom stereocenters. The van der Waals surface area contributed by atoms with Crippen LogP contribution >= 0.6 is 34.5 Å². The summed E-state index contributed by atoms with van der Waals surface area (Å²) in [5.74, 6) is 0. The molecule has 1 aromatic heterocycles. The Hall–Kier alpha value is -0.900. The molecule has 0 aliphatic rings. The van der Waals surface area contributed by atoms with E-state index in [-0.39, 0.29) is 0 Å². The van der Waals surface area contributed by atoms with Crippen LogP contribution in [-0.4, -0.2) is 13.6 Å². The highest BCUT2D eigenvalue weighted by Gasteiger charge is 2.09. The van der Waals surface area contributed by atoms with Gasteiger partial charge in [-0.25, -0.2) is 0 Å². The van der Waals surface area contributed by atoms with Crippen molar-refractivity contribution in [3.05, 3.63) is 44.6 Å². The maximum Gasteiger partial charge on any atom is 0.0614 e. The highest BCUT2D eigenvalue weighted by Crippen LogP contribution is 2.32. The van der Waals surface area contributed by atoms with Crippen LogP contribution in [0.2, 0.25) is 10.0 Å². The van der Waals surface area contributed by atoms with Crippen LogP contribution in [0.1, 0.15) is 4.88 Å². The van der Waals surface area contributed by atoms with Gasteiger partial charge in [0, 0.05) is 18.5 Å². The quantitative estimate of drug-likeness (QED) is 0.852. The number of likely N-dealkylation sites (N-methyl/N-ethyl adjacent to an activating group) is 1. The van der Waals surface area contributed by atoms with Crippen LogP contribution in [0.5, 0.6) is 0 Å². The topological polar surface area (TPSA) is 29.3 Å². The molecule has 0 saturated heterocycles. The SMILES string of the molecule is CN(CCc1cccs1)c1cc(Cl)c(Cl)cc1N. The fourth-order valence-corrected chi connectivity index (χ4v) is 2.76. The van der Waals surface area contributed by atoms with Gasteiger partial charge in [-0.05, 0) is 30.0 Å². The van der Waals surface area contributed by atoms with Crippen LogP contribution in [0.25, 0.3) is 0 Å². The molecule has 0 fully saturated rings. The lowest BCUT2D eigenvalue weighted by atomic mass is 10.2. The lowest BCUT2D eigenvalue weighted by Gasteiger charge is -2.21. The van der Waals surface area contributed by atoms with E-state index in [1.165, 1.54) is 4.88 Å². The highest BCUT2D eigenvalue weighted by atomic mass is 35.5. The number of hydrogen-bond acceptors (Lipinski definition) is 3. The number of thiophene rings is 1. The van der Waals surface area contributed by atoms with Gasteiger partial charge in [-0.2, -0.15) is 0 Å². The largest absolute Gasteiger partial charge is 0.397 e. The maximum atomic E-state index is 6.02. The second-order valence-corrected chi connectivity index (χ2v) is 5.92. The van der Waals surface area contributed by atoms with E-state index in [2.05, 4.69) is 22.4 Å². The molecule has 0 bridgehead atoms. The number of nitrogen functional groups attached to an aromatic ring is 1. The number of nitrogens with two attached hydrogens (primary N) is 1. The lowest BCUT2D eigenvalue weighted by Crippen LogP contribution is -2.21. The summed E-state index contributed by atoms with van der Waals surface area (Å²) in [5.41, 5.74) is 7.53. The van der Waals surface area contributed by atoms with E-state index in [1.54, 1.807) is 17.4 Å². The fraction of sp³-hybridized carbons (Fsp3) is 0.231. The summed E-state index contributed by atoms with van der Waals surface area (Å²) in [5, 5.41) is 3.11. The first-order valence-corrected chi connectivity index (χ1v) is 7.19. The highest BCUT2D eigenvalue weighted by molar-refractivity contribution is 7.09.